The van der Waals surface area contributed by atoms with Crippen molar-refractivity contribution in [3.8, 4) is 5.75 Å². The lowest BCUT2D eigenvalue weighted by molar-refractivity contribution is 0.249. The van der Waals surface area contributed by atoms with E-state index in [0.29, 0.717) is 12.1 Å². The second-order valence-electron chi connectivity index (χ2n) is 6.69. The van der Waals surface area contributed by atoms with Gasteiger partial charge in [-0.15, -0.1) is 0 Å². The van der Waals surface area contributed by atoms with Crippen molar-refractivity contribution in [2.24, 2.45) is 5.84 Å². The summed E-state index contributed by atoms with van der Waals surface area (Å²) in [4.78, 5) is 8.46. The first-order chi connectivity index (χ1) is 13.2. The first-order valence-electron chi connectivity index (χ1n) is 9.07. The molecule has 1 aliphatic rings. The van der Waals surface area contributed by atoms with Gasteiger partial charge in [0.1, 0.15) is 11.3 Å². The van der Waals surface area contributed by atoms with Crippen LogP contribution in [0.5, 0.6) is 5.75 Å². The molecule has 1 unspecified atom stereocenters. The van der Waals surface area contributed by atoms with Gasteiger partial charge in [0.05, 0.1) is 6.04 Å². The van der Waals surface area contributed by atoms with Gasteiger partial charge >= 0.3 is 0 Å². The van der Waals surface area contributed by atoms with E-state index in [1.807, 2.05) is 36.4 Å². The SMILES string of the molecule is NN(CC1=CCCC=C1)C(c1ccncc1)c1ccc2cccnc2c1O. The van der Waals surface area contributed by atoms with Crippen molar-refractivity contribution in [3.05, 3.63) is 89.9 Å². The average Bonchev–Trinajstić information content (AvgIpc) is 2.72. The maximum Gasteiger partial charge on any atom is 0.146 e. The minimum absolute atomic E-state index is 0.165. The van der Waals surface area contributed by atoms with Gasteiger partial charge in [0, 0.05) is 36.1 Å². The summed E-state index contributed by atoms with van der Waals surface area (Å²) in [5, 5.41) is 13.6. The average molecular weight is 358 g/mol. The predicted molar refractivity (Wildman–Crippen MR) is 107 cm³/mol. The highest BCUT2D eigenvalue weighted by molar-refractivity contribution is 5.85. The van der Waals surface area contributed by atoms with Crippen molar-refractivity contribution in [2.75, 3.05) is 6.54 Å². The van der Waals surface area contributed by atoms with Gasteiger partial charge in [-0.1, -0.05) is 36.4 Å². The van der Waals surface area contributed by atoms with Crippen molar-refractivity contribution < 1.29 is 5.11 Å². The molecule has 0 saturated heterocycles. The maximum atomic E-state index is 10.9. The summed E-state index contributed by atoms with van der Waals surface area (Å²) in [6.45, 7) is 0.586. The fraction of sp³-hybridized carbons (Fsp3) is 0.182. The van der Waals surface area contributed by atoms with Crippen LogP contribution in [0, 0.1) is 0 Å². The van der Waals surface area contributed by atoms with E-state index in [-0.39, 0.29) is 11.8 Å². The molecular weight excluding hydrogens is 336 g/mol. The van der Waals surface area contributed by atoms with Gasteiger partial charge in [-0.3, -0.25) is 15.8 Å². The highest BCUT2D eigenvalue weighted by Crippen LogP contribution is 2.37. The number of phenols is 1. The van der Waals surface area contributed by atoms with E-state index in [0.717, 1.165) is 29.4 Å². The zero-order chi connectivity index (χ0) is 18.6. The Hall–Kier alpha value is -3.02. The van der Waals surface area contributed by atoms with Gasteiger partial charge in [-0.05, 0) is 42.2 Å². The lowest BCUT2D eigenvalue weighted by Gasteiger charge is -2.29. The van der Waals surface area contributed by atoms with E-state index in [2.05, 4.69) is 28.2 Å². The molecule has 0 saturated carbocycles. The normalized spacial score (nSPS) is 15.1. The molecule has 0 fully saturated rings. The summed E-state index contributed by atoms with van der Waals surface area (Å²) in [6.07, 6.45) is 13.8. The number of aromatic nitrogens is 2. The molecule has 0 aliphatic heterocycles. The van der Waals surface area contributed by atoms with Crippen molar-refractivity contribution in [1.29, 1.82) is 0 Å². The number of allylic oxidation sites excluding steroid dienone is 2. The molecule has 1 atom stereocenters. The summed E-state index contributed by atoms with van der Waals surface area (Å²) in [5.41, 5.74) is 3.47. The number of phenolic OH excluding ortho intramolecular Hbond substituents is 1. The monoisotopic (exact) mass is 358 g/mol. The van der Waals surface area contributed by atoms with Crippen molar-refractivity contribution in [3.63, 3.8) is 0 Å². The van der Waals surface area contributed by atoms with Crippen LogP contribution >= 0.6 is 0 Å². The number of fused-ring (bicyclic) bond motifs is 1. The summed E-state index contributed by atoms with van der Waals surface area (Å²) < 4.78 is 0. The van der Waals surface area contributed by atoms with Crippen LogP contribution < -0.4 is 5.84 Å². The highest BCUT2D eigenvalue weighted by Gasteiger charge is 2.25. The lowest BCUT2D eigenvalue weighted by atomic mass is 9.95. The van der Waals surface area contributed by atoms with E-state index in [9.17, 15) is 5.11 Å². The molecular formula is C22H22N4O. The first-order valence-corrected chi connectivity index (χ1v) is 9.07. The Bertz CT molecular complexity index is 998. The third-order valence-electron chi connectivity index (χ3n) is 4.86. The quantitative estimate of drug-likeness (QED) is 0.535. The summed E-state index contributed by atoms with van der Waals surface area (Å²) in [7, 11) is 0. The Morgan fingerprint density at radius 1 is 1.07 bits per heavy atom. The molecule has 1 aliphatic carbocycles. The standard InChI is InChI=1S/C22H22N4O/c23-26(15-16-5-2-1-3-6-16)21(18-10-13-24-14-11-18)19-9-8-17-7-4-12-25-20(17)22(19)27/h2,4-14,21,27H,1,3,15,23H2. The smallest absolute Gasteiger partial charge is 0.146 e. The van der Waals surface area contributed by atoms with Crippen LogP contribution in [-0.2, 0) is 0 Å². The second-order valence-corrected chi connectivity index (χ2v) is 6.69. The number of hydrazine groups is 1. The number of pyridine rings is 2. The fourth-order valence-corrected chi connectivity index (χ4v) is 3.55. The van der Waals surface area contributed by atoms with E-state index in [1.54, 1.807) is 23.6 Å². The van der Waals surface area contributed by atoms with Crippen LogP contribution in [0.15, 0.2) is 78.8 Å². The first kappa shape index (κ1) is 17.4. The summed E-state index contributed by atoms with van der Waals surface area (Å²) >= 11 is 0. The van der Waals surface area contributed by atoms with Gasteiger partial charge in [0.2, 0.25) is 0 Å². The molecule has 0 amide bonds. The van der Waals surface area contributed by atoms with Gasteiger partial charge < -0.3 is 5.11 Å². The van der Waals surface area contributed by atoms with Gasteiger partial charge in [0.25, 0.3) is 0 Å². The van der Waals surface area contributed by atoms with Crippen LogP contribution in [0.3, 0.4) is 0 Å². The molecule has 27 heavy (non-hydrogen) atoms. The molecule has 0 bridgehead atoms. The number of nitrogens with two attached hydrogens (primary N) is 1. The third-order valence-corrected chi connectivity index (χ3v) is 4.86. The summed E-state index contributed by atoms with van der Waals surface area (Å²) in [5.74, 6) is 6.70. The Kier molecular flexibility index (Phi) is 4.96. The number of hydrogen-bond donors (Lipinski definition) is 2. The van der Waals surface area contributed by atoms with Crippen molar-refractivity contribution >= 4 is 10.9 Å². The van der Waals surface area contributed by atoms with Gasteiger partial charge in [0.15, 0.2) is 0 Å². The Labute approximate surface area is 158 Å². The largest absolute Gasteiger partial charge is 0.505 e. The summed E-state index contributed by atoms with van der Waals surface area (Å²) in [6, 6.07) is 11.2. The molecule has 3 aromatic rings. The Morgan fingerprint density at radius 3 is 2.70 bits per heavy atom. The van der Waals surface area contributed by atoms with E-state index < -0.39 is 0 Å². The molecule has 0 radical (unpaired) electrons. The molecule has 5 heteroatoms. The highest BCUT2D eigenvalue weighted by atomic mass is 16.3. The number of benzene rings is 1. The fourth-order valence-electron chi connectivity index (χ4n) is 3.55. The van der Waals surface area contributed by atoms with Gasteiger partial charge in [-0.25, -0.2) is 5.01 Å². The Balaban J connectivity index is 1.78. The predicted octanol–water partition coefficient (Wildman–Crippen LogP) is 3.88. The van der Waals surface area contributed by atoms with Crippen LogP contribution in [0.25, 0.3) is 10.9 Å². The number of hydrogen-bond acceptors (Lipinski definition) is 5. The topological polar surface area (TPSA) is 75.3 Å². The second kappa shape index (κ2) is 7.70. The van der Waals surface area contributed by atoms with Crippen LogP contribution in [0.1, 0.15) is 30.0 Å². The van der Waals surface area contributed by atoms with Crippen LogP contribution in [0.4, 0.5) is 0 Å². The molecule has 2 heterocycles. The third kappa shape index (κ3) is 3.60. The van der Waals surface area contributed by atoms with Crippen LogP contribution in [-0.4, -0.2) is 26.6 Å². The molecule has 0 spiro atoms. The number of aromatic hydroxyl groups is 1. The molecule has 1 aromatic carbocycles. The van der Waals surface area contributed by atoms with Crippen molar-refractivity contribution in [1.82, 2.24) is 15.0 Å². The minimum Gasteiger partial charge on any atom is -0.505 e. The molecule has 2 aromatic heterocycles. The minimum atomic E-state index is -0.310. The van der Waals surface area contributed by atoms with E-state index in [1.165, 1.54) is 5.57 Å². The van der Waals surface area contributed by atoms with Gasteiger partial charge in [-0.2, -0.15) is 0 Å². The number of rotatable bonds is 5. The zero-order valence-corrected chi connectivity index (χ0v) is 15.0. The van der Waals surface area contributed by atoms with Crippen LogP contribution in [0.2, 0.25) is 0 Å². The zero-order valence-electron chi connectivity index (χ0n) is 15.0. The lowest BCUT2D eigenvalue weighted by Crippen LogP contribution is -2.37. The molecule has 5 nitrogen and oxygen atoms in total. The number of nitrogens with zero attached hydrogens (tertiary/aromatic N) is 3. The van der Waals surface area contributed by atoms with E-state index in [4.69, 9.17) is 5.84 Å². The molecule has 136 valence electrons. The molecule has 4 rings (SSSR count). The van der Waals surface area contributed by atoms with Crippen molar-refractivity contribution in [2.45, 2.75) is 18.9 Å². The Morgan fingerprint density at radius 2 is 1.93 bits per heavy atom. The van der Waals surface area contributed by atoms with E-state index >= 15 is 0 Å². The molecule has 3 N–H and O–H groups in total. The maximum absolute atomic E-state index is 10.9.